The molecule has 3 rings (SSSR count). The van der Waals surface area contributed by atoms with Crippen molar-refractivity contribution in [1.82, 2.24) is 9.55 Å². The SMILES string of the molecule is O=c1ccn([C@@H]2O[C@H](COP(=O)(O)OP(=O)(O)O[13C@H]3O[13CH]([13CH2]O)[13C@@H](O)[13C@H](O)[13CH]3O)[C@H](O)C2O)c(=O)[nH]1. The monoisotopic (exact) mass is 572 g/mol. The Labute approximate surface area is 199 Å². The Bertz CT molecular complexity index is 1120. The van der Waals surface area contributed by atoms with Gasteiger partial charge in [0.15, 0.2) is 12.5 Å². The molecule has 3 heterocycles. The number of rotatable bonds is 9. The zero-order valence-corrected chi connectivity index (χ0v) is 19.6. The molecule has 0 radical (unpaired) electrons. The van der Waals surface area contributed by atoms with Crippen molar-refractivity contribution in [3.8, 4) is 0 Å². The van der Waals surface area contributed by atoms with Gasteiger partial charge in [-0.2, -0.15) is 4.31 Å². The Morgan fingerprint density at radius 2 is 1.56 bits per heavy atom. The molecule has 5 unspecified atom stereocenters. The zero-order valence-electron chi connectivity index (χ0n) is 17.9. The van der Waals surface area contributed by atoms with E-state index in [0.717, 1.165) is 16.8 Å². The van der Waals surface area contributed by atoms with Gasteiger partial charge < -0.3 is 49.9 Å². The normalized spacial score (nSPS) is 38.4. The molecule has 0 bridgehead atoms. The third-order valence-corrected chi connectivity index (χ3v) is 7.76. The zero-order chi connectivity index (χ0) is 27.0. The highest BCUT2D eigenvalue weighted by Crippen LogP contribution is 2.61. The molecular weight excluding hydrogens is 548 g/mol. The minimum absolute atomic E-state index is 0.723. The quantitative estimate of drug-likeness (QED) is 0.0990. The predicted octanol–water partition coefficient (Wildman–Crippen LogP) is -4.79. The molecule has 1 aromatic rings. The van der Waals surface area contributed by atoms with E-state index in [0.29, 0.717) is 0 Å². The fraction of sp³-hybridized carbons (Fsp3) is 0.733. The molecule has 21 heteroatoms. The van der Waals surface area contributed by atoms with E-state index < -0.39 is 95.4 Å². The number of phosphoric acid groups is 2. The molecule has 19 nitrogen and oxygen atoms in total. The third-order valence-electron chi connectivity index (χ3n) is 5.16. The molecule has 206 valence electrons. The average molecular weight is 572 g/mol. The summed E-state index contributed by atoms with van der Waals surface area (Å²) in [6, 6.07) is 0.928. The Morgan fingerprint density at radius 1 is 0.917 bits per heavy atom. The number of aliphatic hydroxyl groups is 6. The van der Waals surface area contributed by atoms with E-state index in [-0.39, 0.29) is 0 Å². The summed E-state index contributed by atoms with van der Waals surface area (Å²) in [4.78, 5) is 44.5. The van der Waals surface area contributed by atoms with Crippen molar-refractivity contribution >= 4 is 15.6 Å². The van der Waals surface area contributed by atoms with Crippen LogP contribution in [0.4, 0.5) is 0 Å². The molecule has 0 spiro atoms. The molecule has 1 aromatic heterocycles. The van der Waals surface area contributed by atoms with Gasteiger partial charge in [0.05, 0.1) is 13.2 Å². The van der Waals surface area contributed by atoms with E-state index in [1.807, 2.05) is 4.98 Å². The van der Waals surface area contributed by atoms with Gasteiger partial charge in [-0.05, 0) is 0 Å². The Hall–Kier alpha value is -1.38. The number of ether oxygens (including phenoxy) is 2. The maximum Gasteiger partial charge on any atom is 0.483 e. The molecular formula is C15H24N2O17P2. The van der Waals surface area contributed by atoms with E-state index in [2.05, 4.69) is 13.4 Å². The first kappa shape index (κ1) is 29.2. The molecule has 2 aliphatic heterocycles. The molecule has 2 aliphatic rings. The smallest absolute Gasteiger partial charge is 0.394 e. The van der Waals surface area contributed by atoms with Gasteiger partial charge in [0.1, 0.15) is 42.7 Å². The van der Waals surface area contributed by atoms with Crippen LogP contribution in [0.5, 0.6) is 0 Å². The van der Waals surface area contributed by atoms with Crippen molar-refractivity contribution in [2.45, 2.75) is 55.2 Å². The molecule has 0 aliphatic carbocycles. The summed E-state index contributed by atoms with van der Waals surface area (Å²) < 4.78 is 48.1. The van der Waals surface area contributed by atoms with Gasteiger partial charge in [-0.15, -0.1) is 0 Å². The summed E-state index contributed by atoms with van der Waals surface area (Å²) in [6.45, 7) is -1.93. The lowest BCUT2D eigenvalue weighted by Crippen LogP contribution is -2.58. The van der Waals surface area contributed by atoms with Gasteiger partial charge in [-0.1, -0.05) is 0 Å². The maximum atomic E-state index is 12.2. The molecule has 0 saturated carbocycles. The van der Waals surface area contributed by atoms with Crippen molar-refractivity contribution in [1.29, 1.82) is 0 Å². The predicted molar refractivity (Wildman–Crippen MR) is 109 cm³/mol. The highest BCUT2D eigenvalue weighted by atomic mass is 31.3. The first-order chi connectivity index (χ1) is 16.7. The standard InChI is InChI=1S/C15H24N2O17P2/c18-3-5-8(20)10(22)12(24)14(32-5)33-36(28,29)34-35(26,27)30-4-6-9(21)11(23)13(31-6)17-2-1-7(19)16-15(17)25/h1-2,5-6,8-14,18,20-24H,3-4H2,(H,26,27)(H,28,29)(H,16,19,25)/t5?,6-,8-,9+,10+,11?,12?,13-,14-/m1/s1/i3+1,5+1,8+1,10+1,12+1,14+1. The van der Waals surface area contributed by atoms with Gasteiger partial charge in [0.2, 0.25) is 0 Å². The summed E-state index contributed by atoms with van der Waals surface area (Å²) >= 11 is 0. The van der Waals surface area contributed by atoms with Gasteiger partial charge in [0.25, 0.3) is 5.56 Å². The number of nitrogens with zero attached hydrogens (tertiary/aromatic N) is 1. The number of hydrogen-bond donors (Lipinski definition) is 9. The second-order valence-electron chi connectivity index (χ2n) is 7.68. The molecule has 9 N–H and O–H groups in total. The van der Waals surface area contributed by atoms with Gasteiger partial charge >= 0.3 is 21.3 Å². The van der Waals surface area contributed by atoms with Crippen molar-refractivity contribution in [3.63, 3.8) is 0 Å². The Kier molecular flexibility index (Phi) is 9.05. The minimum atomic E-state index is -5.59. The van der Waals surface area contributed by atoms with Crippen molar-refractivity contribution in [3.05, 3.63) is 33.1 Å². The van der Waals surface area contributed by atoms with Crippen molar-refractivity contribution in [2.75, 3.05) is 13.2 Å². The Morgan fingerprint density at radius 3 is 2.17 bits per heavy atom. The summed E-state index contributed by atoms with van der Waals surface area (Å²) in [5, 5.41) is 58.6. The van der Waals surface area contributed by atoms with Gasteiger partial charge in [0, 0.05) is 12.3 Å². The first-order valence-corrected chi connectivity index (χ1v) is 13.0. The maximum absolute atomic E-state index is 12.2. The minimum Gasteiger partial charge on any atom is -0.394 e. The highest BCUT2D eigenvalue weighted by molar-refractivity contribution is 7.61. The largest absolute Gasteiger partial charge is 0.483 e. The lowest BCUT2D eigenvalue weighted by atomic mass is 10.1. The van der Waals surface area contributed by atoms with Gasteiger partial charge in [-0.3, -0.25) is 23.4 Å². The van der Waals surface area contributed by atoms with Crippen LogP contribution in [-0.2, 0) is 32.0 Å². The number of aliphatic hydroxyl groups excluding tert-OH is 6. The molecule has 0 amide bonds. The summed E-state index contributed by atoms with van der Waals surface area (Å²) in [5.74, 6) is 0. The topological polar surface area (TPSA) is 297 Å². The van der Waals surface area contributed by atoms with Crippen LogP contribution < -0.4 is 11.2 Å². The average Bonchev–Trinajstić information content (AvgIpc) is 3.06. The van der Waals surface area contributed by atoms with Crippen LogP contribution >= 0.6 is 15.6 Å². The van der Waals surface area contributed by atoms with Gasteiger partial charge in [-0.25, -0.2) is 13.9 Å². The van der Waals surface area contributed by atoms with Crippen LogP contribution in [0.3, 0.4) is 0 Å². The lowest BCUT2D eigenvalue weighted by Gasteiger charge is -2.39. The number of phosphoric ester groups is 2. The molecule has 11 atom stereocenters. The van der Waals surface area contributed by atoms with Crippen LogP contribution in [0.1, 0.15) is 6.23 Å². The molecule has 2 saturated heterocycles. The van der Waals surface area contributed by atoms with E-state index in [9.17, 15) is 54.0 Å². The molecule has 36 heavy (non-hydrogen) atoms. The second kappa shape index (κ2) is 11.2. The number of H-pyrrole nitrogens is 1. The van der Waals surface area contributed by atoms with E-state index in [4.69, 9.17) is 14.6 Å². The lowest BCUT2D eigenvalue weighted by molar-refractivity contribution is -0.280. The van der Waals surface area contributed by atoms with Crippen molar-refractivity contribution < 1.29 is 72.4 Å². The second-order valence-corrected chi connectivity index (χ2v) is 10.7. The van der Waals surface area contributed by atoms with E-state index >= 15 is 0 Å². The molecule has 2 fully saturated rings. The number of aromatic amines is 1. The third kappa shape index (κ3) is 6.54. The van der Waals surface area contributed by atoms with Crippen LogP contribution in [0.2, 0.25) is 0 Å². The summed E-state index contributed by atoms with van der Waals surface area (Å²) in [7, 11) is -11.1. The molecule has 0 aromatic carbocycles. The van der Waals surface area contributed by atoms with Crippen LogP contribution in [0, 0.1) is 0 Å². The van der Waals surface area contributed by atoms with Crippen LogP contribution in [0.25, 0.3) is 0 Å². The summed E-state index contributed by atoms with van der Waals surface area (Å²) in [6.07, 6.45) is -15.4. The number of hydrogen-bond acceptors (Lipinski definition) is 15. The van der Waals surface area contributed by atoms with E-state index in [1.54, 1.807) is 0 Å². The summed E-state index contributed by atoms with van der Waals surface area (Å²) in [5.41, 5.74) is -1.75. The first-order valence-electron chi connectivity index (χ1n) is 9.99. The number of aromatic nitrogens is 2. The van der Waals surface area contributed by atoms with Crippen LogP contribution in [0.15, 0.2) is 21.9 Å². The number of nitrogens with one attached hydrogen (secondary N) is 1. The fourth-order valence-corrected chi connectivity index (χ4v) is 5.51. The highest BCUT2D eigenvalue weighted by Gasteiger charge is 2.49. The Balaban J connectivity index is 1.61. The van der Waals surface area contributed by atoms with Crippen molar-refractivity contribution in [2.24, 2.45) is 0 Å². The van der Waals surface area contributed by atoms with E-state index in [1.165, 1.54) is 0 Å². The van der Waals surface area contributed by atoms with Crippen LogP contribution in [-0.4, -0.2) is 112 Å². The fourth-order valence-electron chi connectivity index (χ4n) is 3.35.